The predicted molar refractivity (Wildman–Crippen MR) is 90.1 cm³/mol. The standard InChI is InChI=1S/C13H23NO9S2/c1-2-3-4-5-6-9(14-23-25(19,20)21)24-13-12(18)11(17)10(16)8(7-15)22-13/h2,8,10-13,15-18H,1,3-7H2,(H,19,20,21)/b14-9+/t8-,10-,11+,12-,13+/m1/s1. The van der Waals surface area contributed by atoms with Gasteiger partial charge in [0.15, 0.2) is 0 Å². The number of aliphatic hydroxyl groups excluding tert-OH is 4. The molecule has 5 atom stereocenters. The lowest BCUT2D eigenvalue weighted by atomic mass is 10.0. The highest BCUT2D eigenvalue weighted by Gasteiger charge is 2.44. The van der Waals surface area contributed by atoms with Crippen molar-refractivity contribution in [2.45, 2.75) is 55.5 Å². The van der Waals surface area contributed by atoms with Crippen LogP contribution in [0.5, 0.6) is 0 Å². The van der Waals surface area contributed by atoms with E-state index in [0.29, 0.717) is 6.42 Å². The summed E-state index contributed by atoms with van der Waals surface area (Å²) in [6.07, 6.45) is -1.64. The Kier molecular flexibility index (Phi) is 9.30. The SMILES string of the molecule is C=CCCCC/C(=N\OS(=O)(=O)O)S[C@@H]1O[C@H](CO)[C@@H](O)[C@H](O)[C@H]1O. The molecule has 0 saturated carbocycles. The maximum absolute atomic E-state index is 10.7. The summed E-state index contributed by atoms with van der Waals surface area (Å²) in [7, 11) is -4.79. The van der Waals surface area contributed by atoms with E-state index < -0.39 is 46.9 Å². The Morgan fingerprint density at radius 2 is 1.92 bits per heavy atom. The summed E-state index contributed by atoms with van der Waals surface area (Å²) in [5, 5.41) is 42.1. The molecule has 1 heterocycles. The van der Waals surface area contributed by atoms with Gasteiger partial charge >= 0.3 is 10.4 Å². The molecule has 1 rings (SSSR count). The van der Waals surface area contributed by atoms with Crippen LogP contribution in [0.2, 0.25) is 0 Å². The molecule has 12 heteroatoms. The molecule has 0 spiro atoms. The van der Waals surface area contributed by atoms with Gasteiger partial charge in [-0.2, -0.15) is 8.42 Å². The Morgan fingerprint density at radius 1 is 1.24 bits per heavy atom. The lowest BCUT2D eigenvalue weighted by Gasteiger charge is -2.39. The van der Waals surface area contributed by atoms with Crippen molar-refractivity contribution in [1.82, 2.24) is 0 Å². The van der Waals surface area contributed by atoms with Gasteiger partial charge in [-0.1, -0.05) is 23.0 Å². The predicted octanol–water partition coefficient (Wildman–Crippen LogP) is -0.601. The van der Waals surface area contributed by atoms with Crippen molar-refractivity contribution < 1.29 is 42.4 Å². The first-order chi connectivity index (χ1) is 11.7. The molecule has 0 radical (unpaired) electrons. The zero-order chi connectivity index (χ0) is 19.0. The Hall–Kier alpha value is -0.730. The molecule has 1 saturated heterocycles. The number of aliphatic hydroxyl groups is 4. The molecular formula is C13H23NO9S2. The van der Waals surface area contributed by atoms with Gasteiger partial charge in [0.2, 0.25) is 0 Å². The maximum Gasteiger partial charge on any atom is 0.466 e. The lowest BCUT2D eigenvalue weighted by Crippen LogP contribution is -2.57. The van der Waals surface area contributed by atoms with Crippen LogP contribution in [0.15, 0.2) is 17.8 Å². The van der Waals surface area contributed by atoms with Crippen LogP contribution in [0.1, 0.15) is 25.7 Å². The third-order valence-electron chi connectivity index (χ3n) is 3.38. The van der Waals surface area contributed by atoms with E-state index in [1.165, 1.54) is 0 Å². The van der Waals surface area contributed by atoms with Gasteiger partial charge in [0.1, 0.15) is 34.9 Å². The number of unbranched alkanes of at least 4 members (excludes halogenated alkanes) is 2. The zero-order valence-electron chi connectivity index (χ0n) is 13.3. The van der Waals surface area contributed by atoms with E-state index in [0.717, 1.165) is 24.6 Å². The fraction of sp³-hybridized carbons (Fsp3) is 0.769. The van der Waals surface area contributed by atoms with E-state index in [1.54, 1.807) is 6.08 Å². The molecule has 0 amide bonds. The summed E-state index contributed by atoms with van der Waals surface area (Å²) in [5.41, 5.74) is -1.13. The number of thioether (sulfide) groups is 1. The van der Waals surface area contributed by atoms with Crippen LogP contribution < -0.4 is 0 Å². The van der Waals surface area contributed by atoms with E-state index >= 15 is 0 Å². The van der Waals surface area contributed by atoms with Gasteiger partial charge < -0.3 is 25.2 Å². The fourth-order valence-electron chi connectivity index (χ4n) is 2.08. The minimum atomic E-state index is -4.79. The van der Waals surface area contributed by atoms with Crippen molar-refractivity contribution >= 4 is 27.2 Å². The van der Waals surface area contributed by atoms with Gasteiger partial charge in [0, 0.05) is 0 Å². The highest BCUT2D eigenvalue weighted by atomic mass is 32.3. The molecule has 1 fully saturated rings. The van der Waals surface area contributed by atoms with Gasteiger partial charge in [-0.25, -0.2) is 4.28 Å². The Bertz CT molecular complexity index is 552. The van der Waals surface area contributed by atoms with Crippen LogP contribution >= 0.6 is 11.8 Å². The van der Waals surface area contributed by atoms with E-state index in [-0.39, 0.29) is 11.5 Å². The van der Waals surface area contributed by atoms with Crippen LogP contribution in [-0.2, 0) is 19.4 Å². The average Bonchev–Trinajstić information content (AvgIpc) is 2.55. The molecular weight excluding hydrogens is 378 g/mol. The molecule has 1 aliphatic heterocycles. The van der Waals surface area contributed by atoms with Crippen LogP contribution in [0, 0.1) is 0 Å². The molecule has 10 nitrogen and oxygen atoms in total. The molecule has 1 aliphatic rings. The lowest BCUT2D eigenvalue weighted by molar-refractivity contribution is -0.205. The van der Waals surface area contributed by atoms with E-state index in [4.69, 9.17) is 14.4 Å². The van der Waals surface area contributed by atoms with Crippen LogP contribution in [0.25, 0.3) is 0 Å². The summed E-state index contributed by atoms with van der Waals surface area (Å²) in [4.78, 5) is 0. The first-order valence-corrected chi connectivity index (χ1v) is 9.75. The Morgan fingerprint density at radius 3 is 2.48 bits per heavy atom. The zero-order valence-corrected chi connectivity index (χ0v) is 15.0. The Labute approximate surface area is 150 Å². The third-order valence-corrected chi connectivity index (χ3v) is 4.82. The van der Waals surface area contributed by atoms with E-state index in [9.17, 15) is 23.7 Å². The fourth-order valence-corrected chi connectivity index (χ4v) is 3.42. The minimum absolute atomic E-state index is 0.0889. The van der Waals surface area contributed by atoms with Crippen molar-refractivity contribution in [1.29, 1.82) is 0 Å². The molecule has 0 unspecified atom stereocenters. The van der Waals surface area contributed by atoms with Gasteiger partial charge in [-0.3, -0.25) is 4.55 Å². The normalized spacial score (nSPS) is 30.9. The van der Waals surface area contributed by atoms with Crippen LogP contribution in [0.4, 0.5) is 0 Å². The average molecular weight is 401 g/mol. The monoisotopic (exact) mass is 401 g/mol. The highest BCUT2D eigenvalue weighted by molar-refractivity contribution is 8.14. The summed E-state index contributed by atoms with van der Waals surface area (Å²) < 4.78 is 39.3. The second kappa shape index (κ2) is 10.4. The number of rotatable bonds is 9. The van der Waals surface area contributed by atoms with Crippen molar-refractivity contribution in [3.63, 3.8) is 0 Å². The number of allylic oxidation sites excluding steroid dienone is 1. The first-order valence-electron chi connectivity index (χ1n) is 7.50. The largest absolute Gasteiger partial charge is 0.466 e. The maximum atomic E-state index is 10.7. The van der Waals surface area contributed by atoms with Gasteiger partial charge in [0.25, 0.3) is 0 Å². The summed E-state index contributed by atoms with van der Waals surface area (Å²) in [5.74, 6) is 0. The van der Waals surface area contributed by atoms with Crippen molar-refractivity contribution in [3.05, 3.63) is 12.7 Å². The molecule has 146 valence electrons. The van der Waals surface area contributed by atoms with Crippen LogP contribution in [0.3, 0.4) is 0 Å². The molecule has 0 aromatic heterocycles. The topological polar surface area (TPSA) is 166 Å². The summed E-state index contributed by atoms with van der Waals surface area (Å²) >= 11 is 0.767. The smallest absolute Gasteiger partial charge is 0.394 e. The Balaban J connectivity index is 2.81. The van der Waals surface area contributed by atoms with Crippen molar-refractivity contribution in [3.8, 4) is 0 Å². The second-order valence-corrected chi connectivity index (χ2v) is 7.51. The van der Waals surface area contributed by atoms with Gasteiger partial charge in [0.05, 0.1) is 6.61 Å². The molecule has 5 N–H and O–H groups in total. The summed E-state index contributed by atoms with van der Waals surface area (Å²) in [6, 6.07) is 0. The molecule has 0 aromatic rings. The summed E-state index contributed by atoms with van der Waals surface area (Å²) in [6.45, 7) is 2.99. The highest BCUT2D eigenvalue weighted by Crippen LogP contribution is 2.30. The molecule has 0 aromatic carbocycles. The number of hydrogen-bond acceptors (Lipinski definition) is 10. The third kappa shape index (κ3) is 7.58. The van der Waals surface area contributed by atoms with Crippen molar-refractivity contribution in [2.24, 2.45) is 5.16 Å². The van der Waals surface area contributed by atoms with Crippen LogP contribution in [-0.4, -0.2) is 74.9 Å². The number of hydrogen-bond donors (Lipinski definition) is 5. The number of ether oxygens (including phenoxy) is 1. The van der Waals surface area contributed by atoms with E-state index in [2.05, 4.69) is 16.0 Å². The van der Waals surface area contributed by atoms with Crippen molar-refractivity contribution in [2.75, 3.05) is 6.61 Å². The van der Waals surface area contributed by atoms with Gasteiger partial charge in [-0.05, 0) is 25.7 Å². The molecule has 25 heavy (non-hydrogen) atoms. The number of oxime groups is 1. The molecule has 0 bridgehead atoms. The number of nitrogens with zero attached hydrogens (tertiary/aromatic N) is 1. The minimum Gasteiger partial charge on any atom is -0.394 e. The van der Waals surface area contributed by atoms with E-state index in [1.807, 2.05) is 0 Å². The second-order valence-electron chi connectivity index (χ2n) is 5.34. The first kappa shape index (κ1) is 22.3. The quantitative estimate of drug-likeness (QED) is 0.0840. The van der Waals surface area contributed by atoms with Gasteiger partial charge in [-0.15, -0.1) is 6.58 Å². The molecule has 0 aliphatic carbocycles.